The van der Waals surface area contributed by atoms with Gasteiger partial charge in [-0.2, -0.15) is 0 Å². The van der Waals surface area contributed by atoms with E-state index >= 15 is 0 Å². The van der Waals surface area contributed by atoms with Crippen LogP contribution in [0.25, 0.3) is 55.9 Å². The van der Waals surface area contributed by atoms with Crippen LogP contribution in [0.5, 0.6) is 0 Å². The van der Waals surface area contributed by atoms with Crippen molar-refractivity contribution in [2.45, 2.75) is 26.2 Å². The smallest absolute Gasteiger partial charge is 0.164 e. The van der Waals surface area contributed by atoms with E-state index in [9.17, 15) is 0 Å². The molecule has 0 fully saturated rings. The minimum atomic E-state index is -0.402. The van der Waals surface area contributed by atoms with E-state index in [-0.39, 0.29) is 0 Å². The van der Waals surface area contributed by atoms with Crippen molar-refractivity contribution in [3.63, 3.8) is 0 Å². The first-order valence-electron chi connectivity index (χ1n) is 13.9. The van der Waals surface area contributed by atoms with Crippen molar-refractivity contribution < 1.29 is 4.42 Å². The standard InChI is InChI=1S/C37H29N3O/c1-5-25-28-21-22-29-27-19-13-14-20-30(27)41-33(29)32(28)37(3,4)31(25)26(6-2)36-39-34(23-15-9-7-10-16-23)38-35(40-36)24-17-11-8-12-18-24/h5-22H,2H2,1,3-4H3/b25-5-,31-26-. The third kappa shape index (κ3) is 3.86. The third-order valence-corrected chi connectivity index (χ3v) is 8.06. The maximum atomic E-state index is 6.53. The molecular formula is C37H29N3O. The summed E-state index contributed by atoms with van der Waals surface area (Å²) in [6.07, 6.45) is 4.07. The molecule has 0 N–H and O–H groups in total. The van der Waals surface area contributed by atoms with Crippen molar-refractivity contribution in [3.8, 4) is 22.8 Å². The molecule has 0 spiro atoms. The van der Waals surface area contributed by atoms with Crippen LogP contribution >= 0.6 is 0 Å². The number of furan rings is 1. The molecule has 2 heterocycles. The predicted octanol–water partition coefficient (Wildman–Crippen LogP) is 9.44. The number of benzene rings is 4. The number of fused-ring (bicyclic) bond motifs is 5. The minimum absolute atomic E-state index is 0.402. The zero-order valence-corrected chi connectivity index (χ0v) is 23.3. The van der Waals surface area contributed by atoms with Crippen LogP contribution in [0.15, 0.2) is 126 Å². The topological polar surface area (TPSA) is 51.8 Å². The largest absolute Gasteiger partial charge is 0.456 e. The Kier molecular flexibility index (Phi) is 5.79. The second kappa shape index (κ2) is 9.53. The van der Waals surface area contributed by atoms with E-state index in [0.29, 0.717) is 17.5 Å². The van der Waals surface area contributed by atoms with Crippen molar-refractivity contribution in [2.24, 2.45) is 0 Å². The van der Waals surface area contributed by atoms with Crippen molar-refractivity contribution in [1.29, 1.82) is 0 Å². The summed E-state index contributed by atoms with van der Waals surface area (Å²) in [6.45, 7) is 10.9. The van der Waals surface area contributed by atoms with E-state index in [1.807, 2.05) is 78.9 Å². The lowest BCUT2D eigenvalue weighted by Crippen LogP contribution is -2.17. The summed E-state index contributed by atoms with van der Waals surface area (Å²) in [5, 5.41) is 2.25. The zero-order chi connectivity index (χ0) is 28.1. The van der Waals surface area contributed by atoms with E-state index < -0.39 is 5.41 Å². The van der Waals surface area contributed by atoms with E-state index in [2.05, 4.69) is 57.7 Å². The van der Waals surface area contributed by atoms with Crippen LogP contribution in [0, 0.1) is 0 Å². The van der Waals surface area contributed by atoms with Gasteiger partial charge in [-0.3, -0.25) is 0 Å². The summed E-state index contributed by atoms with van der Waals surface area (Å²) in [5.41, 5.74) is 8.79. The molecule has 0 bridgehead atoms. The molecule has 0 saturated heterocycles. The number of hydrogen-bond acceptors (Lipinski definition) is 4. The highest BCUT2D eigenvalue weighted by Crippen LogP contribution is 2.55. The second-order valence-electron chi connectivity index (χ2n) is 10.8. The molecule has 7 rings (SSSR count). The summed E-state index contributed by atoms with van der Waals surface area (Å²) in [5.74, 6) is 1.86. The number of rotatable bonds is 4. The fraction of sp³-hybridized carbons (Fsp3) is 0.108. The fourth-order valence-corrected chi connectivity index (χ4v) is 6.25. The highest BCUT2D eigenvalue weighted by molar-refractivity contribution is 6.10. The van der Waals surface area contributed by atoms with Gasteiger partial charge < -0.3 is 4.42 Å². The Morgan fingerprint density at radius 3 is 1.95 bits per heavy atom. The van der Waals surface area contributed by atoms with Crippen LogP contribution in [0.4, 0.5) is 0 Å². The van der Waals surface area contributed by atoms with Crippen molar-refractivity contribution >= 4 is 33.1 Å². The monoisotopic (exact) mass is 531 g/mol. The van der Waals surface area contributed by atoms with Gasteiger partial charge in [0.15, 0.2) is 17.5 Å². The average Bonchev–Trinajstić information content (AvgIpc) is 3.50. The van der Waals surface area contributed by atoms with Gasteiger partial charge in [0.2, 0.25) is 0 Å². The quantitative estimate of drug-likeness (QED) is 0.227. The van der Waals surface area contributed by atoms with Gasteiger partial charge in [-0.15, -0.1) is 0 Å². The first-order chi connectivity index (χ1) is 20.0. The number of hydrogen-bond donors (Lipinski definition) is 0. The second-order valence-corrected chi connectivity index (χ2v) is 10.8. The van der Waals surface area contributed by atoms with Gasteiger partial charge in [0.05, 0.1) is 0 Å². The highest BCUT2D eigenvalue weighted by atomic mass is 16.3. The first-order valence-corrected chi connectivity index (χ1v) is 13.9. The summed E-state index contributed by atoms with van der Waals surface area (Å²) in [4.78, 5) is 15.0. The lowest BCUT2D eigenvalue weighted by Gasteiger charge is -2.24. The molecule has 0 radical (unpaired) electrons. The van der Waals surface area contributed by atoms with Crippen LogP contribution in [0.2, 0.25) is 0 Å². The summed E-state index contributed by atoms with van der Waals surface area (Å²) in [6, 6.07) is 32.7. The molecule has 0 atom stereocenters. The van der Waals surface area contributed by atoms with Crippen molar-refractivity contribution in [1.82, 2.24) is 15.0 Å². The first kappa shape index (κ1) is 24.9. The Balaban J connectivity index is 1.51. The van der Waals surface area contributed by atoms with Gasteiger partial charge in [-0.1, -0.05) is 118 Å². The SMILES string of the molecule is C=C/C(=C1\C(=C/C)c2ccc3c(oc4ccccc43)c2C1(C)C)c1nc(-c2ccccc2)nc(-c2ccccc2)n1. The van der Waals surface area contributed by atoms with Gasteiger partial charge in [0.1, 0.15) is 11.2 Å². The normalized spacial score (nSPS) is 16.3. The van der Waals surface area contributed by atoms with Crippen LogP contribution in [0.3, 0.4) is 0 Å². The van der Waals surface area contributed by atoms with E-state index in [0.717, 1.165) is 49.8 Å². The van der Waals surface area contributed by atoms with Gasteiger partial charge in [-0.25, -0.2) is 15.0 Å². The number of allylic oxidation sites excluding steroid dienone is 5. The van der Waals surface area contributed by atoms with Crippen LogP contribution in [-0.4, -0.2) is 15.0 Å². The number of para-hydroxylation sites is 1. The number of nitrogens with zero attached hydrogens (tertiary/aromatic N) is 3. The summed E-state index contributed by atoms with van der Waals surface area (Å²) < 4.78 is 6.53. The molecule has 6 aromatic rings. The molecule has 0 saturated carbocycles. The Morgan fingerprint density at radius 2 is 1.34 bits per heavy atom. The number of aromatic nitrogens is 3. The molecule has 0 amide bonds. The molecule has 1 aliphatic carbocycles. The Labute approximate surface area is 239 Å². The maximum Gasteiger partial charge on any atom is 0.164 e. The van der Waals surface area contributed by atoms with Crippen LogP contribution < -0.4 is 0 Å². The lowest BCUT2D eigenvalue weighted by molar-refractivity contribution is 0.620. The van der Waals surface area contributed by atoms with E-state index in [4.69, 9.17) is 19.4 Å². The van der Waals surface area contributed by atoms with Gasteiger partial charge >= 0.3 is 0 Å². The molecule has 0 aliphatic heterocycles. The van der Waals surface area contributed by atoms with Crippen molar-refractivity contribution in [2.75, 3.05) is 0 Å². The minimum Gasteiger partial charge on any atom is -0.456 e. The average molecular weight is 532 g/mol. The lowest BCUT2D eigenvalue weighted by atomic mass is 9.79. The molecule has 4 aromatic carbocycles. The molecular weight excluding hydrogens is 502 g/mol. The Morgan fingerprint density at radius 1 is 0.732 bits per heavy atom. The molecule has 1 aliphatic rings. The fourth-order valence-electron chi connectivity index (χ4n) is 6.25. The van der Waals surface area contributed by atoms with Crippen LogP contribution in [-0.2, 0) is 5.41 Å². The molecule has 41 heavy (non-hydrogen) atoms. The molecule has 2 aromatic heterocycles. The molecule has 4 nitrogen and oxygen atoms in total. The maximum absolute atomic E-state index is 6.53. The van der Waals surface area contributed by atoms with Gasteiger partial charge in [0, 0.05) is 38.5 Å². The summed E-state index contributed by atoms with van der Waals surface area (Å²) in [7, 11) is 0. The Bertz CT molecular complexity index is 1970. The van der Waals surface area contributed by atoms with E-state index in [1.165, 1.54) is 11.1 Å². The molecule has 0 unspecified atom stereocenters. The van der Waals surface area contributed by atoms with Crippen molar-refractivity contribution in [3.05, 3.63) is 138 Å². The third-order valence-electron chi connectivity index (χ3n) is 8.06. The van der Waals surface area contributed by atoms with Crippen LogP contribution in [0.1, 0.15) is 37.7 Å². The van der Waals surface area contributed by atoms with E-state index in [1.54, 1.807) is 0 Å². The van der Waals surface area contributed by atoms with Gasteiger partial charge in [-0.05, 0) is 35.8 Å². The predicted molar refractivity (Wildman–Crippen MR) is 168 cm³/mol. The molecule has 198 valence electrons. The summed E-state index contributed by atoms with van der Waals surface area (Å²) >= 11 is 0. The zero-order valence-electron chi connectivity index (χ0n) is 23.3. The van der Waals surface area contributed by atoms with Gasteiger partial charge in [0.25, 0.3) is 0 Å². The molecule has 4 heteroatoms. The highest BCUT2D eigenvalue weighted by Gasteiger charge is 2.42. The Hall–Kier alpha value is -5.09.